The van der Waals surface area contributed by atoms with Gasteiger partial charge >= 0.3 is 12.1 Å². The summed E-state index contributed by atoms with van der Waals surface area (Å²) in [6.07, 6.45) is 6.99. The second-order valence-corrected chi connectivity index (χ2v) is 7.88. The van der Waals surface area contributed by atoms with E-state index in [1.54, 1.807) is 20.8 Å². The number of nitrogens with zero attached hydrogens (tertiary/aromatic N) is 1. The molecule has 2 fully saturated rings. The Morgan fingerprint density at radius 2 is 1.78 bits per heavy atom. The highest BCUT2D eigenvalue weighted by molar-refractivity contribution is 5.85. The van der Waals surface area contributed by atoms with Gasteiger partial charge in [0.15, 0.2) is 5.54 Å². The zero-order chi connectivity index (χ0) is 17.1. The van der Waals surface area contributed by atoms with Crippen LogP contribution in [-0.2, 0) is 9.53 Å². The maximum atomic E-state index is 12.0. The second kappa shape index (κ2) is 7.07. The molecule has 1 heterocycles. The van der Waals surface area contributed by atoms with Crippen LogP contribution in [0.15, 0.2) is 0 Å². The molecule has 6 heteroatoms. The first-order valence-corrected chi connectivity index (χ1v) is 8.70. The number of hydrogen-bond donors (Lipinski definition) is 2. The van der Waals surface area contributed by atoms with Crippen LogP contribution < -0.4 is 5.32 Å². The van der Waals surface area contributed by atoms with E-state index in [2.05, 4.69) is 10.2 Å². The van der Waals surface area contributed by atoms with Gasteiger partial charge in [0, 0.05) is 19.1 Å². The molecule has 1 saturated heterocycles. The van der Waals surface area contributed by atoms with Crippen LogP contribution in [0.3, 0.4) is 0 Å². The minimum absolute atomic E-state index is 0.367. The number of likely N-dealkylation sites (tertiary alicyclic amines) is 1. The molecule has 0 aromatic carbocycles. The number of carboxylic acid groups (broad SMARTS) is 1. The molecule has 0 radical (unpaired) electrons. The fraction of sp³-hybridized carbons (Fsp3) is 0.882. The number of rotatable bonds is 3. The molecule has 2 aliphatic rings. The molecule has 0 bridgehead atoms. The fourth-order valence-electron chi connectivity index (χ4n) is 3.60. The Morgan fingerprint density at radius 1 is 1.17 bits per heavy atom. The summed E-state index contributed by atoms with van der Waals surface area (Å²) in [6, 6.07) is 0.444. The van der Waals surface area contributed by atoms with E-state index in [1.807, 2.05) is 0 Å². The number of ether oxygens (including phenoxy) is 1. The minimum Gasteiger partial charge on any atom is -0.479 e. The first kappa shape index (κ1) is 18.0. The lowest BCUT2D eigenvalue weighted by molar-refractivity contribution is -0.144. The van der Waals surface area contributed by atoms with Crippen molar-refractivity contribution in [2.45, 2.75) is 82.9 Å². The van der Waals surface area contributed by atoms with Crippen molar-refractivity contribution in [3.8, 4) is 0 Å². The molecule has 1 aliphatic heterocycles. The van der Waals surface area contributed by atoms with Gasteiger partial charge in [-0.1, -0.05) is 25.7 Å². The Balaban J connectivity index is 2.01. The third kappa shape index (κ3) is 4.83. The predicted molar refractivity (Wildman–Crippen MR) is 87.4 cm³/mol. The van der Waals surface area contributed by atoms with E-state index in [1.165, 1.54) is 25.7 Å². The van der Waals surface area contributed by atoms with Gasteiger partial charge in [0.1, 0.15) is 5.60 Å². The standard InChI is InChI=1S/C17H30N2O4/c1-16(2,3)23-15(22)18-17(14(20)21)10-11-19(12-17)13-8-6-4-5-7-9-13/h13H,4-12H2,1-3H3,(H,18,22)(H,20,21). The van der Waals surface area contributed by atoms with Crippen molar-refractivity contribution in [2.24, 2.45) is 0 Å². The molecule has 2 rings (SSSR count). The van der Waals surface area contributed by atoms with Crippen LogP contribution >= 0.6 is 0 Å². The molecule has 0 aromatic rings. The lowest BCUT2D eigenvalue weighted by Crippen LogP contribution is -2.57. The summed E-state index contributed by atoms with van der Waals surface area (Å²) in [7, 11) is 0. The first-order chi connectivity index (χ1) is 10.7. The average molecular weight is 326 g/mol. The summed E-state index contributed by atoms with van der Waals surface area (Å²) in [4.78, 5) is 26.1. The van der Waals surface area contributed by atoms with Crippen LogP contribution in [0.25, 0.3) is 0 Å². The third-order valence-corrected chi connectivity index (χ3v) is 4.79. The number of aliphatic carboxylic acids is 1. The summed E-state index contributed by atoms with van der Waals surface area (Å²) < 4.78 is 5.24. The van der Waals surface area contributed by atoms with E-state index in [9.17, 15) is 14.7 Å². The predicted octanol–water partition coefficient (Wildman–Crippen LogP) is 2.76. The van der Waals surface area contributed by atoms with Gasteiger partial charge in [0.05, 0.1) is 0 Å². The van der Waals surface area contributed by atoms with E-state index >= 15 is 0 Å². The number of carbonyl (C=O) groups is 2. The van der Waals surface area contributed by atoms with Crippen molar-refractivity contribution in [1.29, 1.82) is 0 Å². The normalized spacial score (nSPS) is 27.4. The Kier molecular flexibility index (Phi) is 5.55. The van der Waals surface area contributed by atoms with Crippen LogP contribution in [-0.4, -0.2) is 52.3 Å². The third-order valence-electron chi connectivity index (χ3n) is 4.79. The number of carboxylic acids is 1. The Bertz CT molecular complexity index is 438. The van der Waals surface area contributed by atoms with E-state index < -0.39 is 23.2 Å². The van der Waals surface area contributed by atoms with Crippen molar-refractivity contribution >= 4 is 12.1 Å². The molecular weight excluding hydrogens is 296 g/mol. The maximum Gasteiger partial charge on any atom is 0.408 e. The largest absolute Gasteiger partial charge is 0.479 e. The highest BCUT2D eigenvalue weighted by Crippen LogP contribution is 2.29. The quantitative estimate of drug-likeness (QED) is 0.780. The van der Waals surface area contributed by atoms with Gasteiger partial charge in [-0.3, -0.25) is 4.90 Å². The molecule has 0 aromatic heterocycles. The first-order valence-electron chi connectivity index (χ1n) is 8.70. The Hall–Kier alpha value is -1.30. The van der Waals surface area contributed by atoms with E-state index in [4.69, 9.17) is 4.74 Å². The second-order valence-electron chi connectivity index (χ2n) is 7.88. The van der Waals surface area contributed by atoms with E-state index in [-0.39, 0.29) is 0 Å². The SMILES string of the molecule is CC(C)(C)OC(=O)NC1(C(=O)O)CCN(C2CCCCCC2)C1. The van der Waals surface area contributed by atoms with Gasteiger partial charge < -0.3 is 15.2 Å². The molecule has 6 nitrogen and oxygen atoms in total. The molecule has 0 spiro atoms. The number of alkyl carbamates (subject to hydrolysis) is 1. The summed E-state index contributed by atoms with van der Waals surface area (Å²) in [5.74, 6) is -0.973. The maximum absolute atomic E-state index is 12.0. The van der Waals surface area contributed by atoms with Gasteiger partial charge in [0.2, 0.25) is 0 Å². The van der Waals surface area contributed by atoms with Gasteiger partial charge in [-0.25, -0.2) is 9.59 Å². The molecule has 1 aliphatic carbocycles. The van der Waals surface area contributed by atoms with Crippen molar-refractivity contribution in [3.63, 3.8) is 0 Å². The highest BCUT2D eigenvalue weighted by Gasteiger charge is 2.48. The minimum atomic E-state index is -1.23. The highest BCUT2D eigenvalue weighted by atomic mass is 16.6. The summed E-state index contributed by atoms with van der Waals surface area (Å²) in [5, 5.41) is 12.3. The molecule has 1 amide bonds. The monoisotopic (exact) mass is 326 g/mol. The van der Waals surface area contributed by atoms with Crippen LogP contribution in [0.5, 0.6) is 0 Å². The Morgan fingerprint density at radius 3 is 2.30 bits per heavy atom. The number of nitrogens with one attached hydrogen (secondary N) is 1. The van der Waals surface area contributed by atoms with Crippen LogP contribution in [0.2, 0.25) is 0 Å². The molecule has 23 heavy (non-hydrogen) atoms. The lowest BCUT2D eigenvalue weighted by atomic mass is 9.99. The topological polar surface area (TPSA) is 78.9 Å². The van der Waals surface area contributed by atoms with Crippen LogP contribution in [0.1, 0.15) is 65.7 Å². The van der Waals surface area contributed by atoms with Gasteiger partial charge in [0.25, 0.3) is 0 Å². The zero-order valence-electron chi connectivity index (χ0n) is 14.6. The van der Waals surface area contributed by atoms with Crippen molar-refractivity contribution in [3.05, 3.63) is 0 Å². The smallest absolute Gasteiger partial charge is 0.408 e. The van der Waals surface area contributed by atoms with Crippen molar-refractivity contribution in [1.82, 2.24) is 10.2 Å². The molecule has 132 valence electrons. The van der Waals surface area contributed by atoms with Crippen molar-refractivity contribution in [2.75, 3.05) is 13.1 Å². The fourth-order valence-corrected chi connectivity index (χ4v) is 3.60. The zero-order valence-corrected chi connectivity index (χ0v) is 14.6. The molecule has 1 saturated carbocycles. The van der Waals surface area contributed by atoms with Gasteiger partial charge in [-0.05, 0) is 40.0 Å². The molecule has 2 N–H and O–H groups in total. The molecule has 1 atom stereocenters. The number of carbonyl (C=O) groups excluding carboxylic acids is 1. The van der Waals surface area contributed by atoms with Gasteiger partial charge in [-0.15, -0.1) is 0 Å². The molecule has 1 unspecified atom stereocenters. The number of hydrogen-bond acceptors (Lipinski definition) is 4. The number of amides is 1. The Labute approximate surface area is 138 Å². The summed E-state index contributed by atoms with van der Waals surface area (Å²) in [5.41, 5.74) is -1.86. The average Bonchev–Trinajstić information content (AvgIpc) is 2.67. The van der Waals surface area contributed by atoms with E-state index in [0.717, 1.165) is 12.8 Å². The lowest BCUT2D eigenvalue weighted by Gasteiger charge is -2.31. The summed E-state index contributed by atoms with van der Waals surface area (Å²) in [6.45, 7) is 6.39. The van der Waals surface area contributed by atoms with Crippen LogP contribution in [0.4, 0.5) is 4.79 Å². The van der Waals surface area contributed by atoms with Gasteiger partial charge in [-0.2, -0.15) is 0 Å². The van der Waals surface area contributed by atoms with Crippen molar-refractivity contribution < 1.29 is 19.4 Å². The molecular formula is C17H30N2O4. The van der Waals surface area contributed by atoms with E-state index in [0.29, 0.717) is 25.6 Å². The van der Waals surface area contributed by atoms with Crippen LogP contribution in [0, 0.1) is 0 Å². The summed E-state index contributed by atoms with van der Waals surface area (Å²) >= 11 is 0.